The van der Waals surface area contributed by atoms with Gasteiger partial charge in [-0.1, -0.05) is 20.8 Å². The minimum atomic E-state index is 0.0372. The van der Waals surface area contributed by atoms with Crippen molar-refractivity contribution < 1.29 is 0 Å². The van der Waals surface area contributed by atoms with Crippen molar-refractivity contribution in [3.8, 4) is 0 Å². The highest BCUT2D eigenvalue weighted by atomic mass is 15.4. The summed E-state index contributed by atoms with van der Waals surface area (Å²) in [6.45, 7) is 8.36. The van der Waals surface area contributed by atoms with Crippen LogP contribution in [0.25, 0.3) is 0 Å². The van der Waals surface area contributed by atoms with Gasteiger partial charge in [-0.15, -0.1) is 5.10 Å². The zero-order valence-electron chi connectivity index (χ0n) is 15.5. The van der Waals surface area contributed by atoms with E-state index in [1.165, 1.54) is 18.5 Å². The first-order valence-electron chi connectivity index (χ1n) is 9.06. The van der Waals surface area contributed by atoms with Gasteiger partial charge in [0.15, 0.2) is 5.82 Å². The normalized spacial score (nSPS) is 18.2. The molecule has 2 aromatic heterocycles. The molecule has 0 atom stereocenters. The summed E-state index contributed by atoms with van der Waals surface area (Å²) in [7, 11) is 2.12. The summed E-state index contributed by atoms with van der Waals surface area (Å²) < 4.78 is 0. The molecule has 2 fully saturated rings. The molecule has 0 spiro atoms. The van der Waals surface area contributed by atoms with E-state index in [4.69, 9.17) is 0 Å². The SMILES string of the molecule is CN(c1cc(C2CC2)ncn1)C1CN(c2ccc(C(C)(C)C)nn2)C1. The quantitative estimate of drug-likeness (QED) is 0.854. The monoisotopic (exact) mass is 338 g/mol. The fourth-order valence-electron chi connectivity index (χ4n) is 3.13. The van der Waals surface area contributed by atoms with Crippen LogP contribution in [-0.2, 0) is 5.41 Å². The predicted octanol–water partition coefficient (Wildman–Crippen LogP) is 2.77. The Morgan fingerprint density at radius 2 is 1.84 bits per heavy atom. The molecule has 2 aromatic rings. The second-order valence-corrected chi connectivity index (χ2v) is 8.27. The van der Waals surface area contributed by atoms with Crippen LogP contribution in [0.5, 0.6) is 0 Å². The zero-order chi connectivity index (χ0) is 17.6. The van der Waals surface area contributed by atoms with E-state index >= 15 is 0 Å². The van der Waals surface area contributed by atoms with E-state index < -0.39 is 0 Å². The molecule has 4 rings (SSSR count). The number of likely N-dealkylation sites (N-methyl/N-ethyl adjacent to an activating group) is 1. The second kappa shape index (κ2) is 5.93. The molecule has 0 bridgehead atoms. The van der Waals surface area contributed by atoms with E-state index in [2.05, 4.69) is 76.0 Å². The zero-order valence-corrected chi connectivity index (χ0v) is 15.5. The summed E-state index contributed by atoms with van der Waals surface area (Å²) in [6, 6.07) is 6.77. The summed E-state index contributed by atoms with van der Waals surface area (Å²) in [5.74, 6) is 2.64. The standard InChI is InChI=1S/C19H26N6/c1-19(2,3)16-7-8-17(23-22-16)25-10-14(11-25)24(4)18-9-15(13-5-6-13)20-12-21-18/h7-9,12-14H,5-6,10-11H2,1-4H3. The Hall–Kier alpha value is -2.24. The molecule has 0 amide bonds. The Labute approximate surface area is 149 Å². The van der Waals surface area contributed by atoms with E-state index in [-0.39, 0.29) is 5.41 Å². The Morgan fingerprint density at radius 3 is 2.44 bits per heavy atom. The van der Waals surface area contributed by atoms with Crippen molar-refractivity contribution in [1.29, 1.82) is 0 Å². The van der Waals surface area contributed by atoms with E-state index in [1.54, 1.807) is 6.33 Å². The lowest BCUT2D eigenvalue weighted by molar-refractivity contribution is 0.485. The largest absolute Gasteiger partial charge is 0.353 e. The number of nitrogens with zero attached hydrogens (tertiary/aromatic N) is 6. The molecule has 6 nitrogen and oxygen atoms in total. The van der Waals surface area contributed by atoms with Crippen LogP contribution < -0.4 is 9.80 Å². The molecule has 2 aliphatic rings. The maximum Gasteiger partial charge on any atom is 0.151 e. The van der Waals surface area contributed by atoms with Crippen LogP contribution in [0.15, 0.2) is 24.5 Å². The van der Waals surface area contributed by atoms with E-state index in [0.717, 1.165) is 30.4 Å². The summed E-state index contributed by atoms with van der Waals surface area (Å²) in [5, 5.41) is 8.80. The maximum atomic E-state index is 4.46. The lowest BCUT2D eigenvalue weighted by Crippen LogP contribution is -2.59. The van der Waals surface area contributed by atoms with E-state index in [0.29, 0.717) is 12.0 Å². The number of hydrogen-bond acceptors (Lipinski definition) is 6. The Bertz CT molecular complexity index is 741. The van der Waals surface area contributed by atoms with Crippen molar-refractivity contribution in [2.75, 3.05) is 29.9 Å². The molecule has 25 heavy (non-hydrogen) atoms. The van der Waals surface area contributed by atoms with E-state index in [1.807, 2.05) is 0 Å². The fourth-order valence-corrected chi connectivity index (χ4v) is 3.13. The van der Waals surface area contributed by atoms with Gasteiger partial charge in [-0.2, -0.15) is 5.10 Å². The number of hydrogen-bond donors (Lipinski definition) is 0. The third kappa shape index (κ3) is 3.30. The van der Waals surface area contributed by atoms with Gasteiger partial charge in [0.2, 0.25) is 0 Å². The molecule has 1 saturated carbocycles. The van der Waals surface area contributed by atoms with Gasteiger partial charge in [0.05, 0.1) is 11.7 Å². The van der Waals surface area contributed by atoms with Gasteiger partial charge in [-0.3, -0.25) is 0 Å². The van der Waals surface area contributed by atoms with Crippen LogP contribution in [0.1, 0.15) is 50.9 Å². The summed E-state index contributed by atoms with van der Waals surface area (Å²) in [6.07, 6.45) is 4.23. The highest BCUT2D eigenvalue weighted by Gasteiger charge is 2.33. The average Bonchev–Trinajstić information content (AvgIpc) is 3.38. The van der Waals surface area contributed by atoms with Crippen molar-refractivity contribution in [2.45, 2.75) is 51.0 Å². The lowest BCUT2D eigenvalue weighted by atomic mass is 9.92. The molecule has 0 unspecified atom stereocenters. The van der Waals surface area contributed by atoms with Crippen molar-refractivity contribution in [2.24, 2.45) is 0 Å². The average molecular weight is 338 g/mol. The van der Waals surface area contributed by atoms with Gasteiger partial charge >= 0.3 is 0 Å². The molecule has 1 aliphatic heterocycles. The van der Waals surface area contributed by atoms with Gasteiger partial charge in [-0.05, 0) is 25.0 Å². The first-order valence-corrected chi connectivity index (χ1v) is 9.06. The smallest absolute Gasteiger partial charge is 0.151 e. The highest BCUT2D eigenvalue weighted by Crippen LogP contribution is 2.39. The van der Waals surface area contributed by atoms with Gasteiger partial charge in [0, 0.05) is 43.2 Å². The molecule has 1 saturated heterocycles. The first-order chi connectivity index (χ1) is 11.9. The highest BCUT2D eigenvalue weighted by molar-refractivity contribution is 5.48. The topological polar surface area (TPSA) is 58.0 Å². The minimum absolute atomic E-state index is 0.0372. The van der Waals surface area contributed by atoms with Crippen LogP contribution >= 0.6 is 0 Å². The van der Waals surface area contributed by atoms with Crippen molar-refractivity contribution in [3.63, 3.8) is 0 Å². The summed E-state index contributed by atoms with van der Waals surface area (Å²) in [4.78, 5) is 13.4. The van der Waals surface area contributed by atoms with Crippen LogP contribution in [0.3, 0.4) is 0 Å². The Kier molecular flexibility index (Phi) is 3.85. The lowest BCUT2D eigenvalue weighted by Gasteiger charge is -2.44. The van der Waals surface area contributed by atoms with Gasteiger partial charge in [-0.25, -0.2) is 9.97 Å². The molecule has 0 radical (unpaired) electrons. The summed E-state index contributed by atoms with van der Waals surface area (Å²) >= 11 is 0. The fraction of sp³-hybridized carbons (Fsp3) is 0.579. The molecule has 0 N–H and O–H groups in total. The van der Waals surface area contributed by atoms with Gasteiger partial charge in [0.1, 0.15) is 12.1 Å². The van der Waals surface area contributed by atoms with Crippen molar-refractivity contribution >= 4 is 11.6 Å². The first kappa shape index (κ1) is 16.2. The molecule has 0 aromatic carbocycles. The maximum absolute atomic E-state index is 4.46. The molecular formula is C19H26N6. The van der Waals surface area contributed by atoms with Crippen LogP contribution in [-0.4, -0.2) is 46.3 Å². The number of anilines is 2. The van der Waals surface area contributed by atoms with Crippen molar-refractivity contribution in [3.05, 3.63) is 35.9 Å². The minimum Gasteiger partial charge on any atom is -0.353 e. The van der Waals surface area contributed by atoms with Crippen molar-refractivity contribution in [1.82, 2.24) is 20.2 Å². The molecule has 132 valence electrons. The second-order valence-electron chi connectivity index (χ2n) is 8.27. The molecular weight excluding hydrogens is 312 g/mol. The third-order valence-corrected chi connectivity index (χ3v) is 5.18. The van der Waals surface area contributed by atoms with Gasteiger partial charge < -0.3 is 9.80 Å². The molecule has 6 heteroatoms. The molecule has 1 aliphatic carbocycles. The third-order valence-electron chi connectivity index (χ3n) is 5.18. The summed E-state index contributed by atoms with van der Waals surface area (Å²) in [5.41, 5.74) is 2.26. The Morgan fingerprint density at radius 1 is 1.08 bits per heavy atom. The van der Waals surface area contributed by atoms with Crippen LogP contribution in [0.4, 0.5) is 11.6 Å². The van der Waals surface area contributed by atoms with Gasteiger partial charge in [0.25, 0.3) is 0 Å². The van der Waals surface area contributed by atoms with E-state index in [9.17, 15) is 0 Å². The van der Waals surface area contributed by atoms with Crippen LogP contribution in [0, 0.1) is 0 Å². The number of aromatic nitrogens is 4. The predicted molar refractivity (Wildman–Crippen MR) is 99.1 cm³/mol. The Balaban J connectivity index is 1.39. The van der Waals surface area contributed by atoms with Crippen LogP contribution in [0.2, 0.25) is 0 Å². The molecule has 3 heterocycles. The number of rotatable bonds is 4.